The highest BCUT2D eigenvalue weighted by Gasteiger charge is 2.13. The molecule has 0 spiro atoms. The Morgan fingerprint density at radius 1 is 1.10 bits per heavy atom. The molecule has 1 heterocycles. The average Bonchev–Trinajstić information content (AvgIpc) is 3.27. The number of carboxylic acids is 1. The molecule has 0 aliphatic rings. The quantitative estimate of drug-likeness (QED) is 0.324. The second kappa shape index (κ2) is 9.43. The predicted octanol–water partition coefficient (Wildman–Crippen LogP) is 0.466. The van der Waals surface area contributed by atoms with E-state index in [4.69, 9.17) is 16.6 Å². The Bertz CT molecular complexity index is 1050. The first kappa shape index (κ1) is 20.7. The fourth-order valence-electron chi connectivity index (χ4n) is 2.72. The van der Waals surface area contributed by atoms with Gasteiger partial charge in [-0.1, -0.05) is 30.3 Å². The zero-order valence-corrected chi connectivity index (χ0v) is 16.0. The summed E-state index contributed by atoms with van der Waals surface area (Å²) in [5.41, 5.74) is 14.1. The fourth-order valence-corrected chi connectivity index (χ4v) is 2.72. The molecule has 2 aromatic carbocycles. The van der Waals surface area contributed by atoms with Crippen LogP contribution >= 0.6 is 0 Å². The van der Waals surface area contributed by atoms with Crippen LogP contribution in [-0.2, 0) is 17.8 Å². The van der Waals surface area contributed by atoms with Gasteiger partial charge in [0.05, 0.1) is 18.1 Å². The molecule has 10 nitrogen and oxygen atoms in total. The molecule has 1 atom stereocenters. The van der Waals surface area contributed by atoms with Gasteiger partial charge in [0.25, 0.3) is 5.91 Å². The van der Waals surface area contributed by atoms with Crippen molar-refractivity contribution >= 4 is 17.8 Å². The lowest BCUT2D eigenvalue weighted by Crippen LogP contribution is -2.32. The summed E-state index contributed by atoms with van der Waals surface area (Å²) in [6.07, 6.45) is 3.33. The summed E-state index contributed by atoms with van der Waals surface area (Å²) in [4.78, 5) is 28.5. The number of benzene rings is 2. The third kappa shape index (κ3) is 5.26. The van der Waals surface area contributed by atoms with E-state index in [0.717, 1.165) is 11.3 Å². The number of amides is 1. The number of aliphatic imine (C=N–C) groups is 1. The number of carbonyl (C=O) groups excluding carboxylic acids is 1. The zero-order valence-electron chi connectivity index (χ0n) is 16.0. The largest absolute Gasteiger partial charge is 0.480 e. The van der Waals surface area contributed by atoms with Crippen LogP contribution in [0.1, 0.15) is 21.5 Å². The second-order valence-electron chi connectivity index (χ2n) is 6.45. The Balaban J connectivity index is 1.62. The van der Waals surface area contributed by atoms with Crippen molar-refractivity contribution in [3.8, 4) is 5.69 Å². The van der Waals surface area contributed by atoms with Crippen molar-refractivity contribution in [2.75, 3.05) is 0 Å². The molecule has 0 saturated carbocycles. The van der Waals surface area contributed by atoms with Gasteiger partial charge in [-0.15, -0.1) is 0 Å². The van der Waals surface area contributed by atoms with E-state index in [1.165, 1.54) is 4.80 Å². The zero-order chi connectivity index (χ0) is 21.5. The van der Waals surface area contributed by atoms with Gasteiger partial charge in [0, 0.05) is 12.1 Å². The second-order valence-corrected chi connectivity index (χ2v) is 6.45. The molecule has 1 amide bonds. The van der Waals surface area contributed by atoms with Gasteiger partial charge < -0.3 is 21.9 Å². The molecule has 10 heteroatoms. The summed E-state index contributed by atoms with van der Waals surface area (Å²) >= 11 is 0. The topological polar surface area (TPSA) is 162 Å². The molecule has 3 rings (SSSR count). The first-order valence-electron chi connectivity index (χ1n) is 9.08. The monoisotopic (exact) mass is 407 g/mol. The van der Waals surface area contributed by atoms with Gasteiger partial charge in [0.15, 0.2) is 5.96 Å². The maximum absolute atomic E-state index is 12.3. The van der Waals surface area contributed by atoms with Crippen LogP contribution in [0.15, 0.2) is 65.9 Å². The Morgan fingerprint density at radius 2 is 1.77 bits per heavy atom. The van der Waals surface area contributed by atoms with Gasteiger partial charge in [-0.3, -0.25) is 9.59 Å². The minimum Gasteiger partial charge on any atom is -0.480 e. The molecular weight excluding hydrogens is 386 g/mol. The number of carbonyl (C=O) groups is 2. The minimum atomic E-state index is -1.08. The number of aromatic nitrogens is 3. The maximum atomic E-state index is 12.3. The van der Waals surface area contributed by atoms with Gasteiger partial charge in [0.2, 0.25) is 0 Å². The molecular formula is C20H21N7O3. The summed E-state index contributed by atoms with van der Waals surface area (Å²) < 4.78 is 0. The fraction of sp³-hybridized carbons (Fsp3) is 0.150. The lowest BCUT2D eigenvalue weighted by molar-refractivity contribution is -0.138. The van der Waals surface area contributed by atoms with Crippen molar-refractivity contribution in [1.29, 1.82) is 0 Å². The molecule has 1 aromatic heterocycles. The highest BCUT2D eigenvalue weighted by atomic mass is 16.4. The van der Waals surface area contributed by atoms with Gasteiger partial charge >= 0.3 is 5.97 Å². The van der Waals surface area contributed by atoms with Crippen molar-refractivity contribution in [3.05, 3.63) is 77.6 Å². The molecule has 0 aliphatic carbocycles. The molecule has 30 heavy (non-hydrogen) atoms. The number of nitrogens with one attached hydrogen (secondary N) is 1. The first-order valence-corrected chi connectivity index (χ1v) is 9.08. The van der Waals surface area contributed by atoms with E-state index in [1.807, 2.05) is 24.3 Å². The third-order valence-electron chi connectivity index (χ3n) is 4.28. The number of nitrogens with zero attached hydrogens (tertiary/aromatic N) is 4. The molecule has 154 valence electrons. The molecule has 0 unspecified atom stereocenters. The van der Waals surface area contributed by atoms with Gasteiger partial charge in [-0.2, -0.15) is 20.0 Å². The number of rotatable bonds is 7. The maximum Gasteiger partial charge on any atom is 0.320 e. The normalized spacial score (nSPS) is 12.4. The smallest absolute Gasteiger partial charge is 0.320 e. The Labute approximate surface area is 172 Å². The van der Waals surface area contributed by atoms with E-state index in [0.29, 0.717) is 17.7 Å². The summed E-state index contributed by atoms with van der Waals surface area (Å²) in [7, 11) is 0. The van der Waals surface area contributed by atoms with Crippen LogP contribution in [0, 0.1) is 0 Å². The Morgan fingerprint density at radius 3 is 2.43 bits per heavy atom. The number of hydrogen-bond acceptors (Lipinski definition) is 5. The summed E-state index contributed by atoms with van der Waals surface area (Å²) in [6, 6.07) is 12.9. The number of aliphatic carboxylic acids is 1. The summed E-state index contributed by atoms with van der Waals surface area (Å²) in [5.74, 6) is -1.63. The molecule has 6 N–H and O–H groups in total. The number of nitrogens with two attached hydrogens (primary N) is 2. The van der Waals surface area contributed by atoms with Crippen molar-refractivity contribution < 1.29 is 14.7 Å². The van der Waals surface area contributed by atoms with Crippen molar-refractivity contribution in [2.45, 2.75) is 19.0 Å². The van der Waals surface area contributed by atoms with Crippen LogP contribution in [0.2, 0.25) is 0 Å². The molecule has 0 bridgehead atoms. The van der Waals surface area contributed by atoms with E-state index >= 15 is 0 Å². The van der Waals surface area contributed by atoms with Crippen LogP contribution in [0.25, 0.3) is 5.69 Å². The van der Waals surface area contributed by atoms with E-state index in [9.17, 15) is 9.59 Å². The highest BCUT2D eigenvalue weighted by Crippen LogP contribution is 2.12. The average molecular weight is 407 g/mol. The van der Waals surface area contributed by atoms with Crippen molar-refractivity contribution in [1.82, 2.24) is 20.3 Å². The summed E-state index contributed by atoms with van der Waals surface area (Å²) in [6.45, 7) is 0.326. The van der Waals surface area contributed by atoms with Crippen LogP contribution in [0.4, 0.5) is 0 Å². The van der Waals surface area contributed by atoms with Crippen LogP contribution in [0.3, 0.4) is 0 Å². The minimum absolute atomic E-state index is 0.0276. The van der Waals surface area contributed by atoms with E-state index in [1.54, 1.807) is 36.7 Å². The van der Waals surface area contributed by atoms with E-state index in [2.05, 4.69) is 20.5 Å². The summed E-state index contributed by atoms with van der Waals surface area (Å²) in [5, 5.41) is 20.0. The van der Waals surface area contributed by atoms with Crippen LogP contribution in [-0.4, -0.2) is 44.0 Å². The van der Waals surface area contributed by atoms with Crippen molar-refractivity contribution in [2.24, 2.45) is 16.5 Å². The first-order chi connectivity index (χ1) is 14.4. The number of guanidine groups is 1. The number of carboxylic acid groups (broad SMARTS) is 1. The Kier molecular flexibility index (Phi) is 6.50. The van der Waals surface area contributed by atoms with E-state index < -0.39 is 17.9 Å². The van der Waals surface area contributed by atoms with Gasteiger partial charge in [-0.05, 0) is 35.7 Å². The number of hydrogen-bond donors (Lipinski definition) is 4. The Hall–Kier alpha value is -4.05. The lowest BCUT2D eigenvalue weighted by atomic mass is 10.0. The standard InChI is InChI=1S/C20H21N7O3/c21-16(19(29)30)11-13-5-7-14(8-6-13)18(28)26-20(22)23-12-15-3-1-2-4-17(15)27-24-9-10-25-27/h1-10,16H,11-12,21H2,(H,29,30)(H3,22,23,26,28)/t16-/m0/s1. The van der Waals surface area contributed by atoms with Crippen molar-refractivity contribution in [3.63, 3.8) is 0 Å². The lowest BCUT2D eigenvalue weighted by Gasteiger charge is -2.10. The SMILES string of the molecule is N/C(=N\C(=O)c1ccc(C[C@H](N)C(=O)O)cc1)NCc1ccccc1-n1nccn1. The van der Waals surface area contributed by atoms with Crippen LogP contribution < -0.4 is 16.8 Å². The molecule has 3 aromatic rings. The van der Waals surface area contributed by atoms with Gasteiger partial charge in [-0.25, -0.2) is 0 Å². The predicted molar refractivity (Wildman–Crippen MR) is 110 cm³/mol. The van der Waals surface area contributed by atoms with E-state index in [-0.39, 0.29) is 12.4 Å². The molecule has 0 aliphatic heterocycles. The third-order valence-corrected chi connectivity index (χ3v) is 4.28. The van der Waals surface area contributed by atoms with Crippen LogP contribution in [0.5, 0.6) is 0 Å². The molecule has 0 fully saturated rings. The molecule has 0 radical (unpaired) electrons. The number of para-hydroxylation sites is 1. The van der Waals surface area contributed by atoms with Gasteiger partial charge in [0.1, 0.15) is 6.04 Å². The molecule has 0 saturated heterocycles. The highest BCUT2D eigenvalue weighted by molar-refractivity contribution is 6.02.